The summed E-state index contributed by atoms with van der Waals surface area (Å²) in [6.45, 7) is 10.2. The van der Waals surface area contributed by atoms with Crippen molar-refractivity contribution in [1.29, 1.82) is 5.26 Å². The van der Waals surface area contributed by atoms with Crippen LogP contribution in [0.25, 0.3) is 16.7 Å². The second-order valence-electron chi connectivity index (χ2n) is 9.26. The van der Waals surface area contributed by atoms with Crippen LogP contribution in [0.4, 0.5) is 0 Å². The van der Waals surface area contributed by atoms with Crippen molar-refractivity contribution in [3.8, 4) is 28.7 Å². The van der Waals surface area contributed by atoms with Crippen LogP contribution in [0.5, 0.6) is 11.5 Å². The van der Waals surface area contributed by atoms with Crippen LogP contribution in [-0.4, -0.2) is 45.1 Å². The predicted octanol–water partition coefficient (Wildman–Crippen LogP) is 5.21. The fourth-order valence-electron chi connectivity index (χ4n) is 3.76. The first-order valence-electron chi connectivity index (χ1n) is 11.6. The molecule has 2 aromatic rings. The summed E-state index contributed by atoms with van der Waals surface area (Å²) in [5, 5.41) is 9.97. The quantitative estimate of drug-likeness (QED) is 0.293. The Balaban J connectivity index is 2.08. The Hall–Kier alpha value is -3.28. The lowest BCUT2D eigenvalue weighted by Crippen LogP contribution is -2.41. The molecule has 7 nitrogen and oxygen atoms in total. The highest BCUT2D eigenvalue weighted by atomic mass is 16.7. The SMILES string of the molecule is CCCOc1c(OC)ccc(-c2cccc(C(=CB3OC(C)(C)C(C)(C)O3)C(=O)OC)c2)c1C#N. The number of benzene rings is 2. The van der Waals surface area contributed by atoms with Crippen LogP contribution in [-0.2, 0) is 18.8 Å². The van der Waals surface area contributed by atoms with Gasteiger partial charge < -0.3 is 23.5 Å². The molecule has 2 aromatic carbocycles. The van der Waals surface area contributed by atoms with E-state index < -0.39 is 24.3 Å². The van der Waals surface area contributed by atoms with Crippen molar-refractivity contribution in [2.45, 2.75) is 52.2 Å². The second-order valence-corrected chi connectivity index (χ2v) is 9.26. The molecule has 1 fully saturated rings. The number of nitriles is 1. The standard InChI is InChI=1S/C27H32BNO6/c1-8-14-33-24-22(17-29)20(12-13-23(24)31-6)18-10-9-11-19(15-18)21(25(30)32-7)16-28-34-26(2,3)27(4,5)35-28/h9-13,15-16H,8,14H2,1-7H3. The maximum Gasteiger partial charge on any atom is 0.488 e. The lowest BCUT2D eigenvalue weighted by Gasteiger charge is -2.32. The van der Waals surface area contributed by atoms with Gasteiger partial charge in [0.2, 0.25) is 0 Å². The third-order valence-electron chi connectivity index (χ3n) is 6.37. The minimum Gasteiger partial charge on any atom is -0.493 e. The number of carbonyl (C=O) groups is 1. The van der Waals surface area contributed by atoms with E-state index in [-0.39, 0.29) is 0 Å². The number of ether oxygens (including phenoxy) is 3. The largest absolute Gasteiger partial charge is 0.493 e. The number of nitrogens with zero attached hydrogens (tertiary/aromatic N) is 1. The predicted molar refractivity (Wildman–Crippen MR) is 135 cm³/mol. The summed E-state index contributed by atoms with van der Waals surface area (Å²) < 4.78 is 28.5. The molecule has 0 aromatic heterocycles. The average Bonchev–Trinajstić information content (AvgIpc) is 3.05. The summed E-state index contributed by atoms with van der Waals surface area (Å²) in [5.41, 5.74) is 1.60. The molecular formula is C27H32BNO6. The van der Waals surface area contributed by atoms with Crippen molar-refractivity contribution >= 4 is 18.7 Å². The Morgan fingerprint density at radius 3 is 2.37 bits per heavy atom. The third kappa shape index (κ3) is 5.37. The Labute approximate surface area is 207 Å². The van der Waals surface area contributed by atoms with Gasteiger partial charge in [0.15, 0.2) is 11.5 Å². The topological polar surface area (TPSA) is 87.0 Å². The molecule has 184 valence electrons. The third-order valence-corrected chi connectivity index (χ3v) is 6.37. The monoisotopic (exact) mass is 477 g/mol. The second kappa shape index (κ2) is 10.6. The van der Waals surface area contributed by atoms with E-state index in [4.69, 9.17) is 23.5 Å². The maximum absolute atomic E-state index is 12.8. The Bertz CT molecular complexity index is 1150. The summed E-state index contributed by atoms with van der Waals surface area (Å²) in [7, 11) is 2.15. The van der Waals surface area contributed by atoms with Gasteiger partial charge in [-0.05, 0) is 69.4 Å². The van der Waals surface area contributed by atoms with Gasteiger partial charge in [-0.2, -0.15) is 5.26 Å². The number of methoxy groups -OCH3 is 2. The number of hydrogen-bond donors (Lipinski definition) is 0. The first-order valence-corrected chi connectivity index (χ1v) is 11.6. The minimum atomic E-state index is -0.720. The van der Waals surface area contributed by atoms with E-state index in [2.05, 4.69) is 6.07 Å². The molecule has 35 heavy (non-hydrogen) atoms. The first kappa shape index (κ1) is 26.3. The number of carbonyl (C=O) groups excluding carboxylic acids is 1. The highest BCUT2D eigenvalue weighted by Gasteiger charge is 2.50. The van der Waals surface area contributed by atoms with Crippen LogP contribution in [0.15, 0.2) is 42.4 Å². The molecule has 0 amide bonds. The fourth-order valence-corrected chi connectivity index (χ4v) is 3.76. The van der Waals surface area contributed by atoms with Crippen molar-refractivity contribution in [2.75, 3.05) is 20.8 Å². The zero-order chi connectivity index (χ0) is 25.8. The van der Waals surface area contributed by atoms with Gasteiger partial charge >= 0.3 is 13.1 Å². The number of hydrogen-bond acceptors (Lipinski definition) is 7. The molecule has 8 heteroatoms. The van der Waals surface area contributed by atoms with Crippen LogP contribution >= 0.6 is 0 Å². The molecular weight excluding hydrogens is 445 g/mol. The van der Waals surface area contributed by atoms with Crippen molar-refractivity contribution < 1.29 is 28.3 Å². The van der Waals surface area contributed by atoms with E-state index in [1.54, 1.807) is 19.2 Å². The molecule has 1 saturated heterocycles. The van der Waals surface area contributed by atoms with Crippen molar-refractivity contribution in [3.63, 3.8) is 0 Å². The Kier molecular flexibility index (Phi) is 7.94. The number of esters is 1. The molecule has 0 atom stereocenters. The average molecular weight is 477 g/mol. The molecule has 0 N–H and O–H groups in total. The molecule has 1 heterocycles. The van der Waals surface area contributed by atoms with Crippen LogP contribution < -0.4 is 9.47 Å². The summed E-state index contributed by atoms with van der Waals surface area (Å²) in [4.78, 5) is 12.8. The molecule has 0 radical (unpaired) electrons. The fraction of sp³-hybridized carbons (Fsp3) is 0.407. The van der Waals surface area contributed by atoms with E-state index in [0.29, 0.717) is 40.4 Å². The molecule has 0 aliphatic carbocycles. The molecule has 0 unspecified atom stereocenters. The van der Waals surface area contributed by atoms with Crippen molar-refractivity contribution in [3.05, 3.63) is 53.5 Å². The van der Waals surface area contributed by atoms with Gasteiger partial charge in [0.1, 0.15) is 11.6 Å². The Morgan fingerprint density at radius 2 is 1.80 bits per heavy atom. The summed E-state index contributed by atoms with van der Waals surface area (Å²) in [6, 6.07) is 13.2. The van der Waals surface area contributed by atoms with Gasteiger partial charge in [0.25, 0.3) is 0 Å². The van der Waals surface area contributed by atoms with Crippen molar-refractivity contribution in [2.24, 2.45) is 0 Å². The highest BCUT2D eigenvalue weighted by molar-refractivity contribution is 6.55. The van der Waals surface area contributed by atoms with Crippen molar-refractivity contribution in [1.82, 2.24) is 0 Å². The van der Waals surface area contributed by atoms with Gasteiger partial charge in [-0.15, -0.1) is 0 Å². The van der Waals surface area contributed by atoms with Gasteiger partial charge in [0.05, 0.1) is 37.6 Å². The summed E-state index contributed by atoms with van der Waals surface area (Å²) in [5.74, 6) is 2.02. The summed E-state index contributed by atoms with van der Waals surface area (Å²) in [6.07, 6.45) is 0.792. The molecule has 0 bridgehead atoms. The molecule has 1 aliphatic heterocycles. The first-order chi connectivity index (χ1) is 16.6. The molecule has 0 saturated carbocycles. The smallest absolute Gasteiger partial charge is 0.488 e. The van der Waals surface area contributed by atoms with E-state index >= 15 is 0 Å². The van der Waals surface area contributed by atoms with Gasteiger partial charge in [-0.3, -0.25) is 0 Å². The zero-order valence-corrected chi connectivity index (χ0v) is 21.4. The zero-order valence-electron chi connectivity index (χ0n) is 21.4. The maximum atomic E-state index is 12.8. The van der Waals surface area contributed by atoms with Crippen LogP contribution in [0.2, 0.25) is 0 Å². The van der Waals surface area contributed by atoms with Gasteiger partial charge in [0, 0.05) is 5.56 Å². The van der Waals surface area contributed by atoms with Crippen LogP contribution in [0, 0.1) is 11.3 Å². The normalized spacial score (nSPS) is 16.5. The Morgan fingerprint density at radius 1 is 1.11 bits per heavy atom. The van der Waals surface area contributed by atoms with Gasteiger partial charge in [-0.25, -0.2) is 4.79 Å². The van der Waals surface area contributed by atoms with E-state index in [1.807, 2.05) is 65.0 Å². The number of rotatable bonds is 8. The van der Waals surface area contributed by atoms with Gasteiger partial charge in [-0.1, -0.05) is 25.1 Å². The van der Waals surface area contributed by atoms with E-state index in [0.717, 1.165) is 12.0 Å². The molecule has 1 aliphatic rings. The molecule has 0 spiro atoms. The molecule has 3 rings (SSSR count). The lowest BCUT2D eigenvalue weighted by atomic mass is 9.84. The lowest BCUT2D eigenvalue weighted by molar-refractivity contribution is -0.133. The minimum absolute atomic E-state index is 0.308. The van der Waals surface area contributed by atoms with E-state index in [1.165, 1.54) is 7.11 Å². The van der Waals surface area contributed by atoms with E-state index in [9.17, 15) is 10.1 Å². The van der Waals surface area contributed by atoms with Crippen LogP contribution in [0.3, 0.4) is 0 Å². The highest BCUT2D eigenvalue weighted by Crippen LogP contribution is 2.40. The summed E-state index contributed by atoms with van der Waals surface area (Å²) >= 11 is 0. The van der Waals surface area contributed by atoms with Crippen LogP contribution in [0.1, 0.15) is 52.2 Å².